The Balaban J connectivity index is 1.43. The summed E-state index contributed by atoms with van der Waals surface area (Å²) < 4.78 is 30.6. The molecule has 0 saturated carbocycles. The second-order valence-electron chi connectivity index (χ2n) is 5.86. The van der Waals surface area contributed by atoms with E-state index in [9.17, 15) is 4.39 Å². The van der Waals surface area contributed by atoms with Gasteiger partial charge in [-0.25, -0.2) is 4.39 Å². The number of rotatable bonds is 5. The number of ether oxygens (including phenoxy) is 3. The summed E-state index contributed by atoms with van der Waals surface area (Å²) in [6.45, 7) is 4.12. The lowest BCUT2D eigenvalue weighted by molar-refractivity contribution is -0.185. The Morgan fingerprint density at radius 1 is 1.22 bits per heavy atom. The number of piperidine rings is 1. The Hall–Kier alpha value is -1.19. The molecule has 2 N–H and O–H groups in total. The van der Waals surface area contributed by atoms with E-state index in [1.54, 1.807) is 0 Å². The van der Waals surface area contributed by atoms with Crippen molar-refractivity contribution < 1.29 is 28.6 Å². The smallest absolute Gasteiger partial charge is 0.488 e. The van der Waals surface area contributed by atoms with Gasteiger partial charge in [-0.15, -0.1) is 0 Å². The molecule has 0 radical (unpaired) electrons. The van der Waals surface area contributed by atoms with Crippen LogP contribution < -0.4 is 10.2 Å². The standard InChI is InChI=1S/C15H21BFNO5/c17-13-11-12(16(19)20)1-2-14(13)21-8-7-18-5-3-15(4-6-18)22-9-10-23-15/h1-2,11,19-20H,3-10H2. The van der Waals surface area contributed by atoms with Gasteiger partial charge in [0.15, 0.2) is 17.4 Å². The first-order valence-electron chi connectivity index (χ1n) is 7.87. The van der Waals surface area contributed by atoms with Gasteiger partial charge < -0.3 is 24.3 Å². The van der Waals surface area contributed by atoms with Crippen LogP contribution in [-0.4, -0.2) is 67.3 Å². The molecular formula is C15H21BFNO5. The summed E-state index contributed by atoms with van der Waals surface area (Å²) in [5, 5.41) is 18.0. The lowest BCUT2D eigenvalue weighted by atomic mass is 9.80. The Morgan fingerprint density at radius 3 is 2.52 bits per heavy atom. The number of hydrogen-bond donors (Lipinski definition) is 2. The molecule has 0 unspecified atom stereocenters. The van der Waals surface area contributed by atoms with Gasteiger partial charge in [-0.3, -0.25) is 4.90 Å². The van der Waals surface area contributed by atoms with Crippen molar-refractivity contribution in [3.8, 4) is 5.75 Å². The summed E-state index contributed by atoms with van der Waals surface area (Å²) in [6, 6.07) is 3.91. The molecule has 126 valence electrons. The molecule has 0 atom stereocenters. The van der Waals surface area contributed by atoms with Crippen LogP contribution in [0.2, 0.25) is 0 Å². The minimum absolute atomic E-state index is 0.104. The first kappa shape index (κ1) is 16.7. The molecule has 0 bridgehead atoms. The summed E-state index contributed by atoms with van der Waals surface area (Å²) in [7, 11) is -1.68. The Kier molecular flexibility index (Phi) is 5.18. The third-order valence-electron chi connectivity index (χ3n) is 4.35. The summed E-state index contributed by atoms with van der Waals surface area (Å²) in [4.78, 5) is 2.24. The zero-order valence-corrected chi connectivity index (χ0v) is 12.9. The summed E-state index contributed by atoms with van der Waals surface area (Å²) >= 11 is 0. The zero-order valence-electron chi connectivity index (χ0n) is 12.9. The second-order valence-corrected chi connectivity index (χ2v) is 5.86. The summed E-state index contributed by atoms with van der Waals surface area (Å²) in [5.41, 5.74) is 0.104. The molecule has 0 aliphatic carbocycles. The molecule has 1 aromatic carbocycles. The van der Waals surface area contributed by atoms with E-state index >= 15 is 0 Å². The lowest BCUT2D eigenvalue weighted by Crippen LogP contribution is -2.46. The van der Waals surface area contributed by atoms with Gasteiger partial charge in [0.2, 0.25) is 0 Å². The van der Waals surface area contributed by atoms with E-state index in [1.165, 1.54) is 12.1 Å². The van der Waals surface area contributed by atoms with Gasteiger partial charge in [-0.1, -0.05) is 6.07 Å². The summed E-state index contributed by atoms with van der Waals surface area (Å²) in [5.74, 6) is -0.865. The van der Waals surface area contributed by atoms with Gasteiger partial charge in [0.05, 0.1) is 13.2 Å². The van der Waals surface area contributed by atoms with Gasteiger partial charge >= 0.3 is 7.12 Å². The van der Waals surface area contributed by atoms with Gasteiger partial charge in [0, 0.05) is 32.5 Å². The highest BCUT2D eigenvalue weighted by molar-refractivity contribution is 6.58. The van der Waals surface area contributed by atoms with Gasteiger partial charge in [-0.05, 0) is 17.6 Å². The number of benzene rings is 1. The fourth-order valence-corrected chi connectivity index (χ4v) is 2.98. The molecule has 2 aliphatic rings. The fourth-order valence-electron chi connectivity index (χ4n) is 2.98. The second kappa shape index (κ2) is 7.15. The van der Waals surface area contributed by atoms with Crippen molar-refractivity contribution in [3.63, 3.8) is 0 Å². The SMILES string of the molecule is OB(O)c1ccc(OCCN2CCC3(CC2)OCCO3)c(F)c1. The van der Waals surface area contributed by atoms with Crippen molar-refractivity contribution >= 4 is 12.6 Å². The number of halogens is 1. The molecule has 23 heavy (non-hydrogen) atoms. The molecule has 6 nitrogen and oxygen atoms in total. The van der Waals surface area contributed by atoms with E-state index in [0.29, 0.717) is 26.4 Å². The van der Waals surface area contributed by atoms with Crippen molar-refractivity contribution in [1.29, 1.82) is 0 Å². The topological polar surface area (TPSA) is 71.4 Å². The molecule has 2 aliphatic heterocycles. The molecule has 1 spiro atoms. The minimum atomic E-state index is -1.68. The zero-order chi connectivity index (χ0) is 16.3. The average Bonchev–Trinajstić information content (AvgIpc) is 2.99. The molecular weight excluding hydrogens is 304 g/mol. The van der Waals surface area contributed by atoms with Crippen LogP contribution in [0.25, 0.3) is 0 Å². The van der Waals surface area contributed by atoms with Crippen LogP contribution in [0.3, 0.4) is 0 Å². The van der Waals surface area contributed by atoms with E-state index in [0.717, 1.165) is 32.0 Å². The van der Waals surface area contributed by atoms with Crippen LogP contribution in [0.15, 0.2) is 18.2 Å². The monoisotopic (exact) mass is 325 g/mol. The van der Waals surface area contributed by atoms with Crippen LogP contribution in [-0.2, 0) is 9.47 Å². The number of hydrogen-bond acceptors (Lipinski definition) is 6. The van der Waals surface area contributed by atoms with Crippen LogP contribution in [0.4, 0.5) is 4.39 Å². The maximum absolute atomic E-state index is 13.8. The predicted molar refractivity (Wildman–Crippen MR) is 82.0 cm³/mol. The van der Waals surface area contributed by atoms with Crippen molar-refractivity contribution in [2.75, 3.05) is 39.5 Å². The molecule has 2 fully saturated rings. The quantitative estimate of drug-likeness (QED) is 0.726. The molecule has 3 rings (SSSR count). The maximum Gasteiger partial charge on any atom is 0.488 e. The van der Waals surface area contributed by atoms with E-state index in [-0.39, 0.29) is 17.0 Å². The Morgan fingerprint density at radius 2 is 1.91 bits per heavy atom. The average molecular weight is 325 g/mol. The van der Waals surface area contributed by atoms with Gasteiger partial charge in [-0.2, -0.15) is 0 Å². The molecule has 1 aromatic rings. The van der Waals surface area contributed by atoms with Crippen molar-refractivity contribution in [2.45, 2.75) is 18.6 Å². The molecule has 8 heteroatoms. The largest absolute Gasteiger partial charge is 0.489 e. The summed E-state index contributed by atoms with van der Waals surface area (Å²) in [6.07, 6.45) is 1.68. The van der Waals surface area contributed by atoms with Crippen LogP contribution >= 0.6 is 0 Å². The molecule has 2 heterocycles. The molecule has 0 amide bonds. The third kappa shape index (κ3) is 4.02. The van der Waals surface area contributed by atoms with Gasteiger partial charge in [0.1, 0.15) is 6.61 Å². The van der Waals surface area contributed by atoms with E-state index in [4.69, 9.17) is 24.3 Å². The van der Waals surface area contributed by atoms with Crippen molar-refractivity contribution in [2.24, 2.45) is 0 Å². The highest BCUT2D eigenvalue weighted by Gasteiger charge is 2.39. The first-order chi connectivity index (χ1) is 11.1. The van der Waals surface area contributed by atoms with Crippen LogP contribution in [0, 0.1) is 5.82 Å². The number of likely N-dealkylation sites (tertiary alicyclic amines) is 1. The van der Waals surface area contributed by atoms with E-state index < -0.39 is 12.9 Å². The van der Waals surface area contributed by atoms with Crippen molar-refractivity contribution in [3.05, 3.63) is 24.0 Å². The highest BCUT2D eigenvalue weighted by atomic mass is 19.1. The molecule has 2 saturated heterocycles. The van der Waals surface area contributed by atoms with E-state index in [2.05, 4.69) is 4.90 Å². The Bertz CT molecular complexity index is 529. The van der Waals surface area contributed by atoms with Crippen molar-refractivity contribution in [1.82, 2.24) is 4.90 Å². The Labute approximate surface area is 134 Å². The fraction of sp³-hybridized carbons (Fsp3) is 0.600. The first-order valence-corrected chi connectivity index (χ1v) is 7.87. The number of nitrogens with zero attached hydrogens (tertiary/aromatic N) is 1. The lowest BCUT2D eigenvalue weighted by Gasteiger charge is -2.37. The normalized spacial score (nSPS) is 20.8. The van der Waals surface area contributed by atoms with Gasteiger partial charge in [0.25, 0.3) is 0 Å². The van der Waals surface area contributed by atoms with E-state index in [1.807, 2.05) is 0 Å². The van der Waals surface area contributed by atoms with Crippen LogP contribution in [0.1, 0.15) is 12.8 Å². The molecule has 0 aromatic heterocycles. The van der Waals surface area contributed by atoms with Crippen LogP contribution in [0.5, 0.6) is 5.75 Å². The third-order valence-corrected chi connectivity index (χ3v) is 4.35. The minimum Gasteiger partial charge on any atom is -0.489 e. The highest BCUT2D eigenvalue weighted by Crippen LogP contribution is 2.31. The maximum atomic E-state index is 13.8. The predicted octanol–water partition coefficient (Wildman–Crippen LogP) is -0.277.